The van der Waals surface area contributed by atoms with Crippen molar-refractivity contribution in [1.82, 2.24) is 0 Å². The van der Waals surface area contributed by atoms with Gasteiger partial charge in [0.1, 0.15) is 18.5 Å². The van der Waals surface area contributed by atoms with Crippen molar-refractivity contribution in [2.45, 2.75) is 45.6 Å². The standard InChI is InChI=1S/C17H29NO3/c1-3-5-7-14(4-2)11-20-12-16(19)13-21-17-9-6-8-15(18)10-17/h6,8-10,14,16,19H,3-5,7,11-13,18H2,1-2H3. The first-order valence-electron chi connectivity index (χ1n) is 7.89. The molecule has 120 valence electrons. The molecule has 0 aliphatic carbocycles. The predicted octanol–water partition coefficient (Wildman–Crippen LogP) is 3.24. The number of aliphatic hydroxyl groups is 1. The highest BCUT2D eigenvalue weighted by Crippen LogP contribution is 2.15. The summed E-state index contributed by atoms with van der Waals surface area (Å²) in [6.07, 6.45) is 4.16. The summed E-state index contributed by atoms with van der Waals surface area (Å²) in [5.74, 6) is 1.26. The minimum atomic E-state index is -0.616. The molecular formula is C17H29NO3. The molecule has 3 N–H and O–H groups in total. The predicted molar refractivity (Wildman–Crippen MR) is 86.5 cm³/mol. The van der Waals surface area contributed by atoms with Crippen LogP contribution in [-0.2, 0) is 4.74 Å². The lowest BCUT2D eigenvalue weighted by Crippen LogP contribution is -2.25. The van der Waals surface area contributed by atoms with Gasteiger partial charge in [-0.25, -0.2) is 0 Å². The number of rotatable bonds is 11. The molecule has 0 saturated heterocycles. The number of nitrogens with two attached hydrogens (primary N) is 1. The monoisotopic (exact) mass is 295 g/mol. The van der Waals surface area contributed by atoms with Crippen molar-refractivity contribution in [2.24, 2.45) is 5.92 Å². The van der Waals surface area contributed by atoms with E-state index in [1.165, 1.54) is 19.3 Å². The zero-order valence-electron chi connectivity index (χ0n) is 13.3. The Labute approximate surface area is 128 Å². The Morgan fingerprint density at radius 1 is 1.19 bits per heavy atom. The second-order valence-corrected chi connectivity index (χ2v) is 5.49. The lowest BCUT2D eigenvalue weighted by molar-refractivity contribution is -0.00108. The fraction of sp³-hybridized carbons (Fsp3) is 0.647. The fourth-order valence-corrected chi connectivity index (χ4v) is 2.11. The largest absolute Gasteiger partial charge is 0.491 e. The summed E-state index contributed by atoms with van der Waals surface area (Å²) in [7, 11) is 0. The molecule has 0 heterocycles. The van der Waals surface area contributed by atoms with Gasteiger partial charge < -0.3 is 20.3 Å². The van der Waals surface area contributed by atoms with Crippen molar-refractivity contribution in [3.8, 4) is 5.75 Å². The normalized spacial score (nSPS) is 13.9. The maximum atomic E-state index is 9.86. The van der Waals surface area contributed by atoms with Crippen LogP contribution in [0.2, 0.25) is 0 Å². The second-order valence-electron chi connectivity index (χ2n) is 5.49. The van der Waals surface area contributed by atoms with Gasteiger partial charge in [-0.15, -0.1) is 0 Å². The van der Waals surface area contributed by atoms with Gasteiger partial charge in [-0.3, -0.25) is 0 Å². The van der Waals surface area contributed by atoms with Crippen LogP contribution in [0, 0.1) is 5.92 Å². The van der Waals surface area contributed by atoms with Gasteiger partial charge in [0.2, 0.25) is 0 Å². The molecule has 1 aromatic rings. The zero-order chi connectivity index (χ0) is 15.5. The highest BCUT2D eigenvalue weighted by molar-refractivity contribution is 5.43. The van der Waals surface area contributed by atoms with Crippen LogP contribution in [-0.4, -0.2) is 31.0 Å². The Morgan fingerprint density at radius 3 is 2.67 bits per heavy atom. The average molecular weight is 295 g/mol. The van der Waals surface area contributed by atoms with Gasteiger partial charge in [-0.05, 0) is 24.5 Å². The van der Waals surface area contributed by atoms with Gasteiger partial charge in [-0.2, -0.15) is 0 Å². The first-order valence-corrected chi connectivity index (χ1v) is 7.89. The third-order valence-corrected chi connectivity index (χ3v) is 3.51. The summed E-state index contributed by atoms with van der Waals surface area (Å²) in [6, 6.07) is 7.19. The SMILES string of the molecule is CCCCC(CC)COCC(O)COc1cccc(N)c1. The molecule has 4 heteroatoms. The van der Waals surface area contributed by atoms with Crippen LogP contribution in [0.25, 0.3) is 0 Å². The van der Waals surface area contributed by atoms with E-state index in [9.17, 15) is 5.11 Å². The van der Waals surface area contributed by atoms with Crippen molar-refractivity contribution in [2.75, 3.05) is 25.6 Å². The van der Waals surface area contributed by atoms with E-state index in [0.29, 0.717) is 30.6 Å². The van der Waals surface area contributed by atoms with E-state index in [4.69, 9.17) is 15.2 Å². The zero-order valence-corrected chi connectivity index (χ0v) is 13.3. The van der Waals surface area contributed by atoms with Gasteiger partial charge >= 0.3 is 0 Å². The first kappa shape index (κ1) is 17.8. The Balaban J connectivity index is 2.17. The Kier molecular flexibility index (Phi) is 8.87. The van der Waals surface area contributed by atoms with Crippen LogP contribution in [0.3, 0.4) is 0 Å². The highest BCUT2D eigenvalue weighted by Gasteiger charge is 2.09. The summed E-state index contributed by atoms with van der Waals surface area (Å²) in [5, 5.41) is 9.86. The molecule has 21 heavy (non-hydrogen) atoms. The smallest absolute Gasteiger partial charge is 0.121 e. The van der Waals surface area contributed by atoms with E-state index in [-0.39, 0.29) is 6.61 Å². The molecule has 4 nitrogen and oxygen atoms in total. The third-order valence-electron chi connectivity index (χ3n) is 3.51. The van der Waals surface area contributed by atoms with Crippen LogP contribution >= 0.6 is 0 Å². The van der Waals surface area contributed by atoms with E-state index in [2.05, 4.69) is 13.8 Å². The summed E-state index contributed by atoms with van der Waals surface area (Å²) >= 11 is 0. The van der Waals surface area contributed by atoms with E-state index < -0.39 is 6.10 Å². The minimum absolute atomic E-state index is 0.217. The van der Waals surface area contributed by atoms with Gasteiger partial charge in [-0.1, -0.05) is 39.2 Å². The van der Waals surface area contributed by atoms with Crippen LogP contribution in [0.15, 0.2) is 24.3 Å². The number of hydrogen-bond acceptors (Lipinski definition) is 4. The van der Waals surface area contributed by atoms with Crippen LogP contribution < -0.4 is 10.5 Å². The Hall–Kier alpha value is -1.26. The topological polar surface area (TPSA) is 64.7 Å². The van der Waals surface area contributed by atoms with Crippen molar-refractivity contribution >= 4 is 5.69 Å². The molecule has 0 aliphatic rings. The lowest BCUT2D eigenvalue weighted by Gasteiger charge is -2.17. The molecule has 0 saturated carbocycles. The number of unbranched alkanes of at least 4 members (excludes halogenated alkanes) is 1. The van der Waals surface area contributed by atoms with E-state index in [0.717, 1.165) is 6.42 Å². The second kappa shape index (κ2) is 10.5. The maximum Gasteiger partial charge on any atom is 0.121 e. The molecule has 2 atom stereocenters. The lowest BCUT2D eigenvalue weighted by atomic mass is 10.0. The van der Waals surface area contributed by atoms with Crippen molar-refractivity contribution < 1.29 is 14.6 Å². The summed E-state index contributed by atoms with van der Waals surface area (Å²) in [5.41, 5.74) is 6.32. The fourth-order valence-electron chi connectivity index (χ4n) is 2.11. The molecule has 1 rings (SSSR count). The van der Waals surface area contributed by atoms with Gasteiger partial charge in [0, 0.05) is 18.4 Å². The summed E-state index contributed by atoms with van der Waals surface area (Å²) < 4.78 is 11.1. The quantitative estimate of drug-likeness (QED) is 0.615. The number of anilines is 1. The van der Waals surface area contributed by atoms with Crippen LogP contribution in [0.4, 0.5) is 5.69 Å². The number of hydrogen-bond donors (Lipinski definition) is 2. The minimum Gasteiger partial charge on any atom is -0.491 e. The molecule has 0 amide bonds. The summed E-state index contributed by atoms with van der Waals surface area (Å²) in [4.78, 5) is 0. The maximum absolute atomic E-state index is 9.86. The summed E-state index contributed by atoms with van der Waals surface area (Å²) in [6.45, 7) is 5.63. The Morgan fingerprint density at radius 2 is 2.00 bits per heavy atom. The van der Waals surface area contributed by atoms with Gasteiger partial charge in [0.25, 0.3) is 0 Å². The molecule has 0 bridgehead atoms. The highest BCUT2D eigenvalue weighted by atomic mass is 16.5. The molecular weight excluding hydrogens is 266 g/mol. The molecule has 0 radical (unpaired) electrons. The molecule has 0 aliphatic heterocycles. The Bertz CT molecular complexity index is 384. The van der Waals surface area contributed by atoms with Crippen LogP contribution in [0.5, 0.6) is 5.75 Å². The average Bonchev–Trinajstić information content (AvgIpc) is 2.48. The number of nitrogen functional groups attached to an aromatic ring is 1. The van der Waals surface area contributed by atoms with Crippen LogP contribution in [0.1, 0.15) is 39.5 Å². The van der Waals surface area contributed by atoms with Gasteiger partial charge in [0.05, 0.1) is 6.61 Å². The van der Waals surface area contributed by atoms with E-state index >= 15 is 0 Å². The molecule has 0 spiro atoms. The van der Waals surface area contributed by atoms with Crippen molar-refractivity contribution in [3.05, 3.63) is 24.3 Å². The first-order chi connectivity index (χ1) is 10.2. The van der Waals surface area contributed by atoms with Gasteiger partial charge in [0.15, 0.2) is 0 Å². The molecule has 0 fully saturated rings. The number of benzene rings is 1. The van der Waals surface area contributed by atoms with Crippen molar-refractivity contribution in [1.29, 1.82) is 0 Å². The third kappa shape index (κ3) is 7.93. The number of ether oxygens (including phenoxy) is 2. The van der Waals surface area contributed by atoms with E-state index in [1.54, 1.807) is 12.1 Å². The molecule has 1 aromatic carbocycles. The van der Waals surface area contributed by atoms with Crippen molar-refractivity contribution in [3.63, 3.8) is 0 Å². The van der Waals surface area contributed by atoms with E-state index in [1.807, 2.05) is 12.1 Å². The molecule has 0 aromatic heterocycles. The molecule has 2 unspecified atom stereocenters. The number of aliphatic hydroxyl groups excluding tert-OH is 1.